The molecule has 1 atom stereocenters. The molecule has 0 bridgehead atoms. The van der Waals surface area contributed by atoms with Crippen LogP contribution in [0.25, 0.3) is 0 Å². The Morgan fingerprint density at radius 1 is 1.56 bits per heavy atom. The van der Waals surface area contributed by atoms with Crippen molar-refractivity contribution < 1.29 is 4.79 Å². The van der Waals surface area contributed by atoms with E-state index in [4.69, 9.17) is 0 Å². The van der Waals surface area contributed by atoms with E-state index in [0.29, 0.717) is 0 Å². The van der Waals surface area contributed by atoms with Gasteiger partial charge in [-0.15, -0.1) is 0 Å². The molecule has 5 heteroatoms. The zero-order valence-corrected chi connectivity index (χ0v) is 11.4. The van der Waals surface area contributed by atoms with Gasteiger partial charge in [-0.25, -0.2) is 0 Å². The maximum atomic E-state index is 12.2. The molecule has 2 rings (SSSR count). The Morgan fingerprint density at radius 2 is 2.33 bits per heavy atom. The summed E-state index contributed by atoms with van der Waals surface area (Å²) in [6.45, 7) is 1.69. The van der Waals surface area contributed by atoms with Gasteiger partial charge >= 0.3 is 0 Å². The van der Waals surface area contributed by atoms with Crippen LogP contribution < -0.4 is 5.32 Å². The number of hydrogen-bond acceptors (Lipinski definition) is 4. The fourth-order valence-electron chi connectivity index (χ4n) is 1.95. The van der Waals surface area contributed by atoms with Crippen LogP contribution in [0.3, 0.4) is 0 Å². The average Bonchev–Trinajstić information content (AvgIpc) is 2.46. The van der Waals surface area contributed by atoms with Gasteiger partial charge < -0.3 is 10.2 Å². The van der Waals surface area contributed by atoms with Crippen molar-refractivity contribution in [1.82, 2.24) is 15.2 Å². The SMILES string of the molecule is CN(CCc1ccncc1)C(=O)C1CSCCN1. The highest BCUT2D eigenvalue weighted by molar-refractivity contribution is 7.99. The number of nitrogens with one attached hydrogen (secondary N) is 1. The number of nitrogens with zero attached hydrogens (tertiary/aromatic N) is 2. The predicted octanol–water partition coefficient (Wildman–Crippen LogP) is 0.787. The lowest BCUT2D eigenvalue weighted by atomic mass is 10.2. The molecule has 0 aromatic carbocycles. The number of rotatable bonds is 4. The number of amides is 1. The number of pyridine rings is 1. The van der Waals surface area contributed by atoms with Gasteiger partial charge in [-0.1, -0.05) is 0 Å². The van der Waals surface area contributed by atoms with Crippen LogP contribution in [-0.4, -0.2) is 53.5 Å². The molecular formula is C13H19N3OS. The van der Waals surface area contributed by atoms with E-state index in [0.717, 1.165) is 31.0 Å². The van der Waals surface area contributed by atoms with Crippen LogP contribution in [0.1, 0.15) is 5.56 Å². The number of thioether (sulfide) groups is 1. The molecule has 0 aliphatic carbocycles. The van der Waals surface area contributed by atoms with E-state index in [1.165, 1.54) is 5.56 Å². The first-order chi connectivity index (χ1) is 8.77. The molecule has 1 amide bonds. The zero-order valence-electron chi connectivity index (χ0n) is 10.6. The summed E-state index contributed by atoms with van der Waals surface area (Å²) in [7, 11) is 1.88. The molecule has 0 saturated carbocycles. The van der Waals surface area contributed by atoms with Gasteiger partial charge in [0.15, 0.2) is 0 Å². The molecule has 1 aromatic rings. The fourth-order valence-corrected chi connectivity index (χ4v) is 2.87. The van der Waals surface area contributed by atoms with Crippen molar-refractivity contribution in [3.05, 3.63) is 30.1 Å². The standard InChI is InChI=1S/C13H19N3OS/c1-16(8-4-11-2-5-14-6-3-11)13(17)12-10-18-9-7-15-12/h2-3,5-6,12,15H,4,7-10H2,1H3. The molecule has 0 radical (unpaired) electrons. The van der Waals surface area contributed by atoms with Crippen molar-refractivity contribution in [1.29, 1.82) is 0 Å². The van der Waals surface area contributed by atoms with E-state index in [1.54, 1.807) is 12.4 Å². The van der Waals surface area contributed by atoms with Crippen LogP contribution in [0.2, 0.25) is 0 Å². The highest BCUT2D eigenvalue weighted by Gasteiger charge is 2.23. The Morgan fingerprint density at radius 3 is 3.00 bits per heavy atom. The van der Waals surface area contributed by atoms with Crippen LogP contribution in [0.5, 0.6) is 0 Å². The summed E-state index contributed by atoms with van der Waals surface area (Å²) in [5, 5.41) is 3.28. The molecule has 18 heavy (non-hydrogen) atoms. The lowest BCUT2D eigenvalue weighted by Crippen LogP contribution is -2.49. The topological polar surface area (TPSA) is 45.2 Å². The number of likely N-dealkylation sites (N-methyl/N-ethyl adjacent to an activating group) is 1. The minimum atomic E-state index is -0.00816. The Labute approximate surface area is 112 Å². The lowest BCUT2D eigenvalue weighted by molar-refractivity contribution is -0.131. The van der Waals surface area contributed by atoms with Gasteiger partial charge in [-0.05, 0) is 24.1 Å². The van der Waals surface area contributed by atoms with E-state index in [2.05, 4.69) is 10.3 Å². The monoisotopic (exact) mass is 265 g/mol. The van der Waals surface area contributed by atoms with Crippen molar-refractivity contribution in [2.75, 3.05) is 31.6 Å². The highest BCUT2D eigenvalue weighted by atomic mass is 32.2. The van der Waals surface area contributed by atoms with E-state index in [-0.39, 0.29) is 11.9 Å². The van der Waals surface area contributed by atoms with Crippen molar-refractivity contribution in [2.24, 2.45) is 0 Å². The summed E-state index contributed by atoms with van der Waals surface area (Å²) in [5.74, 6) is 2.19. The molecule has 2 heterocycles. The van der Waals surface area contributed by atoms with Gasteiger partial charge in [0.1, 0.15) is 0 Å². The smallest absolute Gasteiger partial charge is 0.240 e. The number of hydrogen-bond donors (Lipinski definition) is 1. The van der Waals surface area contributed by atoms with Crippen molar-refractivity contribution in [3.8, 4) is 0 Å². The van der Waals surface area contributed by atoms with Crippen LogP contribution in [0, 0.1) is 0 Å². The molecule has 4 nitrogen and oxygen atoms in total. The van der Waals surface area contributed by atoms with E-state index in [1.807, 2.05) is 35.8 Å². The van der Waals surface area contributed by atoms with Gasteiger partial charge in [-0.2, -0.15) is 11.8 Å². The molecular weight excluding hydrogens is 246 g/mol. The summed E-state index contributed by atoms with van der Waals surface area (Å²) in [6.07, 6.45) is 4.46. The molecule has 1 aliphatic heterocycles. The zero-order chi connectivity index (χ0) is 12.8. The molecule has 1 fully saturated rings. The first-order valence-electron chi connectivity index (χ1n) is 6.22. The maximum Gasteiger partial charge on any atom is 0.240 e. The average molecular weight is 265 g/mol. The molecule has 1 N–H and O–H groups in total. The summed E-state index contributed by atoms with van der Waals surface area (Å²) in [6, 6.07) is 3.98. The third-order valence-corrected chi connectivity index (χ3v) is 4.14. The summed E-state index contributed by atoms with van der Waals surface area (Å²) in [5.41, 5.74) is 1.22. The first-order valence-corrected chi connectivity index (χ1v) is 7.38. The Hall–Kier alpha value is -1.07. The van der Waals surface area contributed by atoms with E-state index < -0.39 is 0 Å². The van der Waals surface area contributed by atoms with E-state index >= 15 is 0 Å². The van der Waals surface area contributed by atoms with Crippen molar-refractivity contribution >= 4 is 17.7 Å². The third kappa shape index (κ3) is 3.71. The second kappa shape index (κ2) is 6.75. The highest BCUT2D eigenvalue weighted by Crippen LogP contribution is 2.10. The molecule has 0 spiro atoms. The predicted molar refractivity (Wildman–Crippen MR) is 74.7 cm³/mol. The van der Waals surface area contributed by atoms with Crippen molar-refractivity contribution in [2.45, 2.75) is 12.5 Å². The summed E-state index contributed by atoms with van der Waals surface area (Å²) >= 11 is 1.84. The quantitative estimate of drug-likeness (QED) is 0.874. The number of carbonyl (C=O) groups is 1. The van der Waals surface area contributed by atoms with Crippen molar-refractivity contribution in [3.63, 3.8) is 0 Å². The molecule has 1 unspecified atom stereocenters. The largest absolute Gasteiger partial charge is 0.344 e. The summed E-state index contributed by atoms with van der Waals surface area (Å²) in [4.78, 5) is 18.0. The lowest BCUT2D eigenvalue weighted by Gasteiger charge is -2.27. The Balaban J connectivity index is 1.80. The van der Waals surface area contributed by atoms with Crippen LogP contribution in [-0.2, 0) is 11.2 Å². The first kappa shape index (κ1) is 13.4. The minimum absolute atomic E-state index is 0.00816. The Bertz CT molecular complexity index is 379. The van der Waals surface area contributed by atoms with Gasteiger partial charge in [0.2, 0.25) is 5.91 Å². The molecule has 1 aromatic heterocycles. The fraction of sp³-hybridized carbons (Fsp3) is 0.538. The Kier molecular flexibility index (Phi) is 5.01. The van der Waals surface area contributed by atoms with Crippen LogP contribution >= 0.6 is 11.8 Å². The number of carbonyl (C=O) groups excluding carboxylic acids is 1. The normalized spacial score (nSPS) is 19.5. The third-order valence-electron chi connectivity index (χ3n) is 3.08. The minimum Gasteiger partial charge on any atom is -0.344 e. The van der Waals surface area contributed by atoms with Gasteiger partial charge in [0.25, 0.3) is 0 Å². The second-order valence-electron chi connectivity index (χ2n) is 4.45. The van der Waals surface area contributed by atoms with Gasteiger partial charge in [0, 0.05) is 44.0 Å². The van der Waals surface area contributed by atoms with Gasteiger partial charge in [0.05, 0.1) is 6.04 Å². The van der Waals surface area contributed by atoms with E-state index in [9.17, 15) is 4.79 Å². The molecule has 1 aliphatic rings. The van der Waals surface area contributed by atoms with Gasteiger partial charge in [-0.3, -0.25) is 9.78 Å². The number of aromatic nitrogens is 1. The second-order valence-corrected chi connectivity index (χ2v) is 5.60. The maximum absolute atomic E-state index is 12.2. The molecule has 98 valence electrons. The summed E-state index contributed by atoms with van der Waals surface area (Å²) < 4.78 is 0. The molecule has 1 saturated heterocycles. The van der Waals surface area contributed by atoms with Crippen LogP contribution in [0.4, 0.5) is 0 Å². The van der Waals surface area contributed by atoms with Crippen LogP contribution in [0.15, 0.2) is 24.5 Å².